The first-order valence-electron chi connectivity index (χ1n) is 7.21. The lowest BCUT2D eigenvalue weighted by Crippen LogP contribution is -2.40. The molecule has 1 atom stereocenters. The highest BCUT2D eigenvalue weighted by molar-refractivity contribution is 7.89. The first-order chi connectivity index (χ1) is 10.4. The van der Waals surface area contributed by atoms with E-state index >= 15 is 0 Å². The second-order valence-electron chi connectivity index (χ2n) is 5.53. The number of nitrogens with zero attached hydrogens (tertiary/aromatic N) is 2. The molecule has 0 saturated carbocycles. The smallest absolute Gasteiger partial charge is 0.408 e. The maximum absolute atomic E-state index is 12.8. The third-order valence-corrected chi connectivity index (χ3v) is 6.08. The van der Waals surface area contributed by atoms with Gasteiger partial charge in [-0.2, -0.15) is 4.31 Å². The fourth-order valence-corrected chi connectivity index (χ4v) is 4.68. The van der Waals surface area contributed by atoms with E-state index in [1.54, 1.807) is 13.1 Å². The third kappa shape index (κ3) is 2.37. The Kier molecular flexibility index (Phi) is 3.84. The Morgan fingerprint density at radius 3 is 2.91 bits per heavy atom. The summed E-state index contributed by atoms with van der Waals surface area (Å²) in [6.45, 7) is 1.15. The van der Waals surface area contributed by atoms with Crippen molar-refractivity contribution in [2.45, 2.75) is 23.8 Å². The van der Waals surface area contributed by atoms with Crippen molar-refractivity contribution in [2.24, 2.45) is 7.05 Å². The van der Waals surface area contributed by atoms with Crippen LogP contribution in [0.2, 0.25) is 0 Å². The lowest BCUT2D eigenvalue weighted by Gasteiger charge is -2.23. The van der Waals surface area contributed by atoms with Crippen LogP contribution in [-0.2, 0) is 17.1 Å². The minimum atomic E-state index is -3.58. The van der Waals surface area contributed by atoms with Gasteiger partial charge < -0.3 is 9.73 Å². The van der Waals surface area contributed by atoms with Crippen LogP contribution in [-0.4, -0.2) is 43.5 Å². The molecule has 0 radical (unpaired) electrons. The van der Waals surface area contributed by atoms with Gasteiger partial charge in [0.15, 0.2) is 5.58 Å². The van der Waals surface area contributed by atoms with Crippen molar-refractivity contribution < 1.29 is 12.8 Å². The lowest BCUT2D eigenvalue weighted by atomic mass is 10.2. The van der Waals surface area contributed by atoms with E-state index < -0.39 is 15.8 Å². The molecule has 2 heterocycles. The molecule has 1 unspecified atom stereocenters. The van der Waals surface area contributed by atoms with Crippen LogP contribution in [0, 0.1) is 0 Å². The van der Waals surface area contributed by atoms with E-state index in [1.807, 2.05) is 7.05 Å². The van der Waals surface area contributed by atoms with Crippen LogP contribution in [0.1, 0.15) is 12.8 Å². The highest BCUT2D eigenvalue weighted by Crippen LogP contribution is 2.27. The maximum Gasteiger partial charge on any atom is 0.419 e. The molecule has 120 valence electrons. The summed E-state index contributed by atoms with van der Waals surface area (Å²) in [5.74, 6) is -0.501. The predicted molar refractivity (Wildman–Crippen MR) is 82.3 cm³/mol. The van der Waals surface area contributed by atoms with Gasteiger partial charge in [0.05, 0.1) is 10.4 Å². The third-order valence-electron chi connectivity index (χ3n) is 4.13. The number of benzene rings is 1. The Bertz CT molecular complexity index is 853. The maximum atomic E-state index is 12.8. The van der Waals surface area contributed by atoms with Gasteiger partial charge in [-0.25, -0.2) is 13.2 Å². The van der Waals surface area contributed by atoms with Crippen LogP contribution in [0.5, 0.6) is 0 Å². The molecule has 0 bridgehead atoms. The zero-order chi connectivity index (χ0) is 15.9. The number of oxazole rings is 1. The van der Waals surface area contributed by atoms with Crippen molar-refractivity contribution in [2.75, 3.05) is 20.1 Å². The lowest BCUT2D eigenvalue weighted by molar-refractivity contribution is 0.379. The van der Waals surface area contributed by atoms with Gasteiger partial charge in [-0.15, -0.1) is 0 Å². The zero-order valence-corrected chi connectivity index (χ0v) is 13.4. The van der Waals surface area contributed by atoms with E-state index in [-0.39, 0.29) is 16.5 Å². The van der Waals surface area contributed by atoms with Gasteiger partial charge in [-0.3, -0.25) is 4.57 Å². The molecule has 2 aromatic rings. The summed E-state index contributed by atoms with van der Waals surface area (Å²) in [4.78, 5) is 11.7. The Balaban J connectivity index is 2.03. The molecule has 1 aromatic heterocycles. The molecule has 1 saturated heterocycles. The van der Waals surface area contributed by atoms with Crippen LogP contribution in [0.15, 0.2) is 32.3 Å². The number of sulfonamides is 1. The predicted octanol–water partition coefficient (Wildman–Crippen LogP) is 0.504. The van der Waals surface area contributed by atoms with Crippen LogP contribution < -0.4 is 11.1 Å². The van der Waals surface area contributed by atoms with Gasteiger partial charge in [0.25, 0.3) is 0 Å². The number of hydrogen-bond acceptors (Lipinski definition) is 5. The van der Waals surface area contributed by atoms with Gasteiger partial charge in [-0.1, -0.05) is 0 Å². The molecular weight excluding hydrogens is 306 g/mol. The van der Waals surface area contributed by atoms with E-state index in [9.17, 15) is 13.2 Å². The van der Waals surface area contributed by atoms with Gasteiger partial charge >= 0.3 is 5.76 Å². The summed E-state index contributed by atoms with van der Waals surface area (Å²) in [6, 6.07) is 4.53. The largest absolute Gasteiger partial charge is 0.419 e. The molecule has 0 amide bonds. The van der Waals surface area contributed by atoms with E-state index in [0.29, 0.717) is 18.6 Å². The molecule has 1 fully saturated rings. The summed E-state index contributed by atoms with van der Waals surface area (Å²) < 4.78 is 33.6. The highest BCUT2D eigenvalue weighted by atomic mass is 32.2. The van der Waals surface area contributed by atoms with E-state index in [2.05, 4.69) is 5.32 Å². The fourth-order valence-electron chi connectivity index (χ4n) is 2.98. The van der Waals surface area contributed by atoms with Gasteiger partial charge in [-0.05, 0) is 32.0 Å². The summed E-state index contributed by atoms with van der Waals surface area (Å²) >= 11 is 0. The zero-order valence-electron chi connectivity index (χ0n) is 12.6. The summed E-state index contributed by atoms with van der Waals surface area (Å²) in [5.41, 5.74) is 0.870. The molecule has 8 heteroatoms. The number of likely N-dealkylation sites (N-methyl/N-ethyl adjacent to an activating group) is 1. The SMILES string of the molecule is CNCC1CCCN1S(=O)(=O)c1ccc2c(c1)oc(=O)n2C. The second-order valence-corrected chi connectivity index (χ2v) is 7.42. The molecule has 7 nitrogen and oxygen atoms in total. The van der Waals surface area contributed by atoms with E-state index in [1.165, 1.54) is 21.0 Å². The molecule has 1 N–H and O–H groups in total. The summed E-state index contributed by atoms with van der Waals surface area (Å²) in [6.07, 6.45) is 1.71. The minimum Gasteiger partial charge on any atom is -0.408 e. The first kappa shape index (κ1) is 15.3. The Morgan fingerprint density at radius 2 is 2.18 bits per heavy atom. The van der Waals surface area contributed by atoms with E-state index in [0.717, 1.165) is 12.8 Å². The summed E-state index contributed by atoms with van der Waals surface area (Å²) in [7, 11) is -0.181. The number of fused-ring (bicyclic) bond motifs is 1. The Labute approximate surface area is 128 Å². The van der Waals surface area contributed by atoms with Crippen LogP contribution in [0.4, 0.5) is 0 Å². The average Bonchev–Trinajstić information content (AvgIpc) is 3.05. The molecule has 3 rings (SSSR count). The molecule has 1 aromatic carbocycles. The number of nitrogens with one attached hydrogen (secondary N) is 1. The summed E-state index contributed by atoms with van der Waals surface area (Å²) in [5, 5.41) is 3.03. The van der Waals surface area contributed by atoms with E-state index in [4.69, 9.17) is 4.42 Å². The topological polar surface area (TPSA) is 84.6 Å². The molecule has 22 heavy (non-hydrogen) atoms. The average molecular weight is 325 g/mol. The van der Waals surface area contributed by atoms with Crippen molar-refractivity contribution in [3.05, 3.63) is 28.7 Å². The van der Waals surface area contributed by atoms with Crippen LogP contribution in [0.3, 0.4) is 0 Å². The number of rotatable bonds is 4. The normalized spacial score (nSPS) is 20.0. The molecule has 1 aliphatic heterocycles. The molecular formula is C14H19N3O4S. The standard InChI is InChI=1S/C14H19N3O4S/c1-15-9-10-4-3-7-17(10)22(19,20)11-5-6-12-13(8-11)21-14(18)16(12)2/h5-6,8,10,15H,3-4,7,9H2,1-2H3. The van der Waals surface area contributed by atoms with Gasteiger partial charge in [0, 0.05) is 32.2 Å². The molecule has 1 aliphatic rings. The number of hydrogen-bond donors (Lipinski definition) is 1. The highest BCUT2D eigenvalue weighted by Gasteiger charge is 2.35. The van der Waals surface area contributed by atoms with Crippen molar-refractivity contribution in [1.29, 1.82) is 0 Å². The minimum absolute atomic E-state index is 0.0338. The Morgan fingerprint density at radius 1 is 1.41 bits per heavy atom. The second kappa shape index (κ2) is 5.53. The Hall–Kier alpha value is -1.64. The van der Waals surface area contributed by atoms with Gasteiger partial charge in [0.2, 0.25) is 10.0 Å². The molecule has 0 aliphatic carbocycles. The van der Waals surface area contributed by atoms with Crippen molar-refractivity contribution in [3.8, 4) is 0 Å². The number of aromatic nitrogens is 1. The van der Waals surface area contributed by atoms with Crippen molar-refractivity contribution >= 4 is 21.1 Å². The van der Waals surface area contributed by atoms with Crippen molar-refractivity contribution in [1.82, 2.24) is 14.2 Å². The molecule has 0 spiro atoms. The van der Waals surface area contributed by atoms with Crippen LogP contribution in [0.25, 0.3) is 11.1 Å². The monoisotopic (exact) mass is 325 g/mol. The quantitative estimate of drug-likeness (QED) is 0.885. The van der Waals surface area contributed by atoms with Crippen molar-refractivity contribution in [3.63, 3.8) is 0 Å². The van der Waals surface area contributed by atoms with Crippen LogP contribution >= 0.6 is 0 Å². The fraction of sp³-hybridized carbons (Fsp3) is 0.500. The van der Waals surface area contributed by atoms with Gasteiger partial charge in [0.1, 0.15) is 0 Å². The first-order valence-corrected chi connectivity index (χ1v) is 8.65. The number of aryl methyl sites for hydroxylation is 1.